The van der Waals surface area contributed by atoms with Crippen LogP contribution in [0.3, 0.4) is 0 Å². The number of benzene rings is 1. The molecule has 1 aliphatic carbocycles. The van der Waals surface area contributed by atoms with E-state index in [1.807, 2.05) is 30.3 Å². The molecule has 1 aromatic rings. The van der Waals surface area contributed by atoms with Crippen molar-refractivity contribution >= 4 is 29.1 Å². The van der Waals surface area contributed by atoms with E-state index < -0.39 is 17.9 Å². The molecule has 0 bridgehead atoms. The number of carbonyl (C=O) groups is 2. The number of amides is 1. The predicted octanol–water partition coefficient (Wildman–Crippen LogP) is 2.80. The summed E-state index contributed by atoms with van der Waals surface area (Å²) in [6.07, 6.45) is 5.50. The second-order valence-electron chi connectivity index (χ2n) is 7.75. The van der Waals surface area contributed by atoms with Crippen molar-refractivity contribution < 1.29 is 14.7 Å². The van der Waals surface area contributed by atoms with Crippen molar-refractivity contribution in [2.24, 2.45) is 11.3 Å². The molecule has 1 aromatic carbocycles. The molecular formula is C20H23ClN2O3. The Balaban J connectivity index is 1.46. The summed E-state index contributed by atoms with van der Waals surface area (Å²) < 4.78 is 0. The van der Waals surface area contributed by atoms with E-state index >= 15 is 0 Å². The molecule has 1 amide bonds. The molecule has 3 aliphatic rings. The van der Waals surface area contributed by atoms with E-state index in [1.165, 1.54) is 0 Å². The normalized spacial score (nSPS) is 27.1. The molecule has 2 N–H and O–H groups in total. The minimum atomic E-state index is -0.869. The van der Waals surface area contributed by atoms with Crippen LogP contribution in [0.15, 0.2) is 30.3 Å². The summed E-state index contributed by atoms with van der Waals surface area (Å²) in [4.78, 5) is 26.4. The van der Waals surface area contributed by atoms with Gasteiger partial charge in [-0.3, -0.25) is 9.59 Å². The van der Waals surface area contributed by atoms with Gasteiger partial charge < -0.3 is 15.3 Å². The van der Waals surface area contributed by atoms with Crippen LogP contribution in [0, 0.1) is 11.3 Å². The number of halogens is 1. The zero-order chi connectivity index (χ0) is 18.3. The first-order valence-electron chi connectivity index (χ1n) is 9.18. The summed E-state index contributed by atoms with van der Waals surface area (Å²) in [6.45, 7) is 1.84. The molecule has 4 rings (SSSR count). The van der Waals surface area contributed by atoms with E-state index in [2.05, 4.69) is 5.32 Å². The molecule has 138 valence electrons. The standard InChI is InChI=1S/C20H23ClN2O3/c21-16-4-2-1-3-14(16)13-5-9-23(10-6-13)18(24)17-15(19(25)26)11-20(7-8-20)12-22-17/h1-5,15,17,22H,6-12H2,(H,25,26). The van der Waals surface area contributed by atoms with Gasteiger partial charge in [0.1, 0.15) is 6.04 Å². The number of nitrogens with one attached hydrogen (secondary N) is 1. The molecule has 5 nitrogen and oxygen atoms in total. The first kappa shape index (κ1) is 17.6. The second kappa shape index (κ2) is 6.71. The number of hydrogen-bond acceptors (Lipinski definition) is 3. The van der Waals surface area contributed by atoms with Crippen molar-refractivity contribution in [3.8, 4) is 0 Å². The van der Waals surface area contributed by atoms with Gasteiger partial charge in [0.25, 0.3) is 0 Å². The Morgan fingerprint density at radius 3 is 2.65 bits per heavy atom. The van der Waals surface area contributed by atoms with Gasteiger partial charge in [0.15, 0.2) is 0 Å². The number of hydrogen-bond donors (Lipinski definition) is 2. The molecule has 2 aliphatic heterocycles. The molecule has 26 heavy (non-hydrogen) atoms. The van der Waals surface area contributed by atoms with Gasteiger partial charge in [0.2, 0.25) is 5.91 Å². The lowest BCUT2D eigenvalue weighted by atomic mass is 9.81. The van der Waals surface area contributed by atoms with Gasteiger partial charge in [-0.2, -0.15) is 0 Å². The fraction of sp³-hybridized carbons (Fsp3) is 0.500. The second-order valence-corrected chi connectivity index (χ2v) is 8.16. The Hall–Kier alpha value is -1.85. The fourth-order valence-corrected chi connectivity index (χ4v) is 4.46. The molecule has 6 heteroatoms. The number of carbonyl (C=O) groups excluding carboxylic acids is 1. The Bertz CT molecular complexity index is 772. The van der Waals surface area contributed by atoms with E-state index in [4.69, 9.17) is 11.6 Å². The van der Waals surface area contributed by atoms with E-state index in [0.717, 1.165) is 36.9 Å². The Labute approximate surface area is 158 Å². The summed E-state index contributed by atoms with van der Waals surface area (Å²) in [7, 11) is 0. The third-order valence-corrected chi connectivity index (χ3v) is 6.36. The molecule has 1 saturated heterocycles. The fourth-order valence-electron chi connectivity index (χ4n) is 4.20. The first-order chi connectivity index (χ1) is 12.5. The Kier molecular flexibility index (Phi) is 4.53. The smallest absolute Gasteiger partial charge is 0.308 e. The van der Waals surface area contributed by atoms with Crippen LogP contribution in [0.4, 0.5) is 0 Å². The van der Waals surface area contributed by atoms with Gasteiger partial charge in [-0.25, -0.2) is 0 Å². The first-order valence-corrected chi connectivity index (χ1v) is 9.56. The maximum absolute atomic E-state index is 13.0. The van der Waals surface area contributed by atoms with Crippen LogP contribution < -0.4 is 5.32 Å². The number of piperidine rings is 1. The molecule has 2 atom stereocenters. The van der Waals surface area contributed by atoms with Crippen molar-refractivity contribution in [3.05, 3.63) is 40.9 Å². The maximum atomic E-state index is 13.0. The van der Waals surface area contributed by atoms with E-state index in [-0.39, 0.29) is 11.3 Å². The number of rotatable bonds is 3. The van der Waals surface area contributed by atoms with E-state index in [9.17, 15) is 14.7 Å². The van der Waals surface area contributed by atoms with Crippen LogP contribution >= 0.6 is 11.6 Å². The van der Waals surface area contributed by atoms with Crippen LogP contribution in [0.2, 0.25) is 5.02 Å². The van der Waals surface area contributed by atoms with Crippen molar-refractivity contribution in [2.45, 2.75) is 31.7 Å². The molecule has 0 aromatic heterocycles. The summed E-state index contributed by atoms with van der Waals surface area (Å²) >= 11 is 6.27. The molecule has 1 saturated carbocycles. The van der Waals surface area contributed by atoms with Crippen molar-refractivity contribution in [1.29, 1.82) is 0 Å². The lowest BCUT2D eigenvalue weighted by Gasteiger charge is -2.38. The van der Waals surface area contributed by atoms with Crippen LogP contribution in [-0.2, 0) is 9.59 Å². The Morgan fingerprint density at radius 2 is 2.04 bits per heavy atom. The lowest BCUT2D eigenvalue weighted by molar-refractivity contribution is -0.150. The number of carboxylic acid groups (broad SMARTS) is 1. The monoisotopic (exact) mass is 374 g/mol. The van der Waals surface area contributed by atoms with Crippen molar-refractivity contribution in [2.75, 3.05) is 19.6 Å². The average molecular weight is 375 g/mol. The van der Waals surface area contributed by atoms with Gasteiger partial charge in [-0.05, 0) is 48.3 Å². The topological polar surface area (TPSA) is 69.6 Å². The highest BCUT2D eigenvalue weighted by Gasteiger charge is 2.52. The van der Waals surface area contributed by atoms with Gasteiger partial charge in [0.05, 0.1) is 5.92 Å². The molecule has 2 heterocycles. The number of aliphatic carboxylic acids is 1. The molecule has 0 radical (unpaired) electrons. The largest absolute Gasteiger partial charge is 0.481 e. The quantitative estimate of drug-likeness (QED) is 0.853. The van der Waals surface area contributed by atoms with Crippen LogP contribution in [0.5, 0.6) is 0 Å². The van der Waals surface area contributed by atoms with Crippen LogP contribution in [0.25, 0.3) is 5.57 Å². The molecular weight excluding hydrogens is 352 g/mol. The lowest BCUT2D eigenvalue weighted by Crippen LogP contribution is -2.57. The number of nitrogens with zero attached hydrogens (tertiary/aromatic N) is 1. The zero-order valence-corrected chi connectivity index (χ0v) is 15.3. The predicted molar refractivity (Wildman–Crippen MR) is 99.8 cm³/mol. The average Bonchev–Trinajstić information content (AvgIpc) is 3.40. The van der Waals surface area contributed by atoms with Crippen molar-refractivity contribution in [1.82, 2.24) is 10.2 Å². The maximum Gasteiger partial charge on any atom is 0.308 e. The van der Waals surface area contributed by atoms with Crippen LogP contribution in [0.1, 0.15) is 31.2 Å². The summed E-state index contributed by atoms with van der Waals surface area (Å²) in [5, 5.41) is 13.6. The van der Waals surface area contributed by atoms with Gasteiger partial charge in [-0.15, -0.1) is 0 Å². The van der Waals surface area contributed by atoms with Gasteiger partial charge in [-0.1, -0.05) is 35.9 Å². The third kappa shape index (κ3) is 3.26. The summed E-state index contributed by atoms with van der Waals surface area (Å²) in [5.41, 5.74) is 2.28. The highest BCUT2D eigenvalue weighted by molar-refractivity contribution is 6.32. The van der Waals surface area contributed by atoms with Gasteiger partial charge >= 0.3 is 5.97 Å². The highest BCUT2D eigenvalue weighted by Crippen LogP contribution is 2.52. The Morgan fingerprint density at radius 1 is 1.27 bits per heavy atom. The van der Waals surface area contributed by atoms with E-state index in [1.54, 1.807) is 4.90 Å². The van der Waals surface area contributed by atoms with Crippen LogP contribution in [-0.4, -0.2) is 47.6 Å². The van der Waals surface area contributed by atoms with Crippen molar-refractivity contribution in [3.63, 3.8) is 0 Å². The minimum absolute atomic E-state index is 0.0950. The third-order valence-electron chi connectivity index (χ3n) is 6.03. The van der Waals surface area contributed by atoms with E-state index in [0.29, 0.717) is 24.5 Å². The molecule has 2 fully saturated rings. The SMILES string of the molecule is O=C(O)C1CC2(CC2)CNC1C(=O)N1CC=C(c2ccccc2Cl)CC1. The minimum Gasteiger partial charge on any atom is -0.481 e. The summed E-state index contributed by atoms with van der Waals surface area (Å²) in [5.74, 6) is -1.60. The molecule has 1 spiro atoms. The molecule has 2 unspecified atom stereocenters. The zero-order valence-electron chi connectivity index (χ0n) is 14.6. The summed E-state index contributed by atoms with van der Waals surface area (Å²) in [6, 6.07) is 7.10. The highest BCUT2D eigenvalue weighted by atomic mass is 35.5. The van der Waals surface area contributed by atoms with Gasteiger partial charge in [0, 0.05) is 24.7 Å². The number of carboxylic acids is 1.